The fourth-order valence-corrected chi connectivity index (χ4v) is 3.57. The largest absolute Gasteiger partial charge is 0.282 e. The van der Waals surface area contributed by atoms with E-state index in [-0.39, 0.29) is 12.5 Å². The van der Waals surface area contributed by atoms with Gasteiger partial charge in [-0.05, 0) is 12.8 Å². The molecule has 92 valence electrons. The molecule has 0 N–H and O–H groups in total. The summed E-state index contributed by atoms with van der Waals surface area (Å²) in [6.45, 7) is 4.94. The van der Waals surface area contributed by atoms with Crippen LogP contribution in [0.15, 0.2) is 0 Å². The minimum Gasteiger partial charge on any atom is -0.198 e. The van der Waals surface area contributed by atoms with Gasteiger partial charge in [0.1, 0.15) is 0 Å². The predicted molar refractivity (Wildman–Crippen MR) is 61.8 cm³/mol. The van der Waals surface area contributed by atoms with Gasteiger partial charge in [-0.25, -0.2) is 0 Å². The van der Waals surface area contributed by atoms with E-state index in [2.05, 4.69) is 0 Å². The Morgan fingerprint density at radius 2 is 1.88 bits per heavy atom. The van der Waals surface area contributed by atoms with E-state index in [0.717, 1.165) is 12.8 Å². The summed E-state index contributed by atoms with van der Waals surface area (Å²) in [5.74, 6) is 0. The van der Waals surface area contributed by atoms with Gasteiger partial charge in [-0.15, -0.1) is 0 Å². The highest BCUT2D eigenvalue weighted by molar-refractivity contribution is 7.86. The SMILES string of the molecule is CCN(CC)S(=O)(=O)N(CCC#N)C1CC1. The van der Waals surface area contributed by atoms with Crippen molar-refractivity contribution in [3.05, 3.63) is 0 Å². The van der Waals surface area contributed by atoms with Gasteiger partial charge in [0.25, 0.3) is 10.2 Å². The van der Waals surface area contributed by atoms with E-state index in [9.17, 15) is 8.42 Å². The zero-order valence-electron chi connectivity index (χ0n) is 9.89. The lowest BCUT2D eigenvalue weighted by Gasteiger charge is -2.27. The molecule has 0 aromatic heterocycles. The Hall–Kier alpha value is -0.640. The van der Waals surface area contributed by atoms with Crippen LogP contribution in [-0.2, 0) is 10.2 Å². The van der Waals surface area contributed by atoms with Gasteiger partial charge in [-0.2, -0.15) is 22.3 Å². The van der Waals surface area contributed by atoms with Crippen LogP contribution in [-0.4, -0.2) is 42.7 Å². The third-order valence-corrected chi connectivity index (χ3v) is 4.97. The van der Waals surface area contributed by atoms with Crippen LogP contribution >= 0.6 is 0 Å². The van der Waals surface area contributed by atoms with E-state index < -0.39 is 10.2 Å². The first kappa shape index (κ1) is 13.4. The average molecular weight is 245 g/mol. The summed E-state index contributed by atoms with van der Waals surface area (Å²) in [5, 5.41) is 8.55. The smallest absolute Gasteiger partial charge is 0.198 e. The summed E-state index contributed by atoms with van der Waals surface area (Å²) in [4.78, 5) is 0. The van der Waals surface area contributed by atoms with E-state index in [1.54, 1.807) is 0 Å². The fourth-order valence-electron chi connectivity index (χ4n) is 1.71. The third kappa shape index (κ3) is 2.94. The molecule has 0 heterocycles. The number of rotatable bonds is 7. The molecular formula is C10H19N3O2S. The second-order valence-electron chi connectivity index (χ2n) is 3.84. The Balaban J connectivity index is 2.79. The monoisotopic (exact) mass is 245 g/mol. The van der Waals surface area contributed by atoms with Crippen LogP contribution in [0, 0.1) is 11.3 Å². The number of nitriles is 1. The molecule has 0 saturated heterocycles. The molecule has 0 aliphatic heterocycles. The maximum atomic E-state index is 12.2. The van der Waals surface area contributed by atoms with Crippen molar-refractivity contribution in [3.8, 4) is 6.07 Å². The topological polar surface area (TPSA) is 64.4 Å². The number of nitrogens with zero attached hydrogens (tertiary/aromatic N) is 3. The van der Waals surface area contributed by atoms with E-state index in [0.29, 0.717) is 19.6 Å². The Morgan fingerprint density at radius 3 is 2.25 bits per heavy atom. The maximum Gasteiger partial charge on any atom is 0.282 e. The second-order valence-corrected chi connectivity index (χ2v) is 5.72. The molecule has 0 atom stereocenters. The lowest BCUT2D eigenvalue weighted by atomic mass is 10.4. The van der Waals surface area contributed by atoms with Crippen LogP contribution in [0.25, 0.3) is 0 Å². The van der Waals surface area contributed by atoms with Crippen molar-refractivity contribution < 1.29 is 8.42 Å². The molecular weight excluding hydrogens is 226 g/mol. The summed E-state index contributed by atoms with van der Waals surface area (Å²) in [7, 11) is -3.36. The molecule has 1 rings (SSSR count). The van der Waals surface area contributed by atoms with Crippen LogP contribution in [0.5, 0.6) is 0 Å². The zero-order valence-corrected chi connectivity index (χ0v) is 10.7. The predicted octanol–water partition coefficient (Wildman–Crippen LogP) is 0.951. The van der Waals surface area contributed by atoms with E-state index in [1.165, 1.54) is 8.61 Å². The van der Waals surface area contributed by atoms with Gasteiger partial charge in [0.05, 0.1) is 6.07 Å². The normalized spacial score (nSPS) is 16.7. The molecule has 0 radical (unpaired) electrons. The van der Waals surface area contributed by atoms with Crippen LogP contribution in [0.3, 0.4) is 0 Å². The third-order valence-electron chi connectivity index (χ3n) is 2.73. The summed E-state index contributed by atoms with van der Waals surface area (Å²) in [6, 6.07) is 2.13. The number of hydrogen-bond acceptors (Lipinski definition) is 3. The summed E-state index contributed by atoms with van der Waals surface area (Å²) in [6.07, 6.45) is 2.11. The summed E-state index contributed by atoms with van der Waals surface area (Å²) in [5.41, 5.74) is 0. The molecule has 1 aliphatic rings. The summed E-state index contributed by atoms with van der Waals surface area (Å²) < 4.78 is 27.4. The first-order valence-electron chi connectivity index (χ1n) is 5.71. The standard InChI is InChI=1S/C10H19N3O2S/c1-3-12(4-2)16(14,15)13(9-5-8-11)10-6-7-10/h10H,3-7,9H2,1-2H3. The highest BCUT2D eigenvalue weighted by atomic mass is 32.2. The van der Waals surface area contributed by atoms with E-state index >= 15 is 0 Å². The quantitative estimate of drug-likeness (QED) is 0.671. The Labute approximate surface area is 97.8 Å². The van der Waals surface area contributed by atoms with Crippen LogP contribution in [0.1, 0.15) is 33.1 Å². The Kier molecular flexibility index (Phi) is 4.71. The molecule has 1 fully saturated rings. The minimum absolute atomic E-state index is 0.124. The fraction of sp³-hybridized carbons (Fsp3) is 0.900. The highest BCUT2D eigenvalue weighted by Gasteiger charge is 2.39. The Bertz CT molecular complexity index is 353. The minimum atomic E-state index is -3.36. The molecule has 1 saturated carbocycles. The maximum absolute atomic E-state index is 12.2. The van der Waals surface area contributed by atoms with Gasteiger partial charge >= 0.3 is 0 Å². The van der Waals surface area contributed by atoms with E-state index in [1.807, 2.05) is 19.9 Å². The summed E-state index contributed by atoms with van der Waals surface area (Å²) >= 11 is 0. The van der Waals surface area contributed by atoms with Gasteiger partial charge in [-0.3, -0.25) is 0 Å². The molecule has 0 bridgehead atoms. The van der Waals surface area contributed by atoms with Crippen molar-refractivity contribution in [2.75, 3.05) is 19.6 Å². The van der Waals surface area contributed by atoms with Crippen molar-refractivity contribution in [3.63, 3.8) is 0 Å². The molecule has 16 heavy (non-hydrogen) atoms. The van der Waals surface area contributed by atoms with Crippen molar-refractivity contribution in [1.29, 1.82) is 5.26 Å². The molecule has 0 aromatic carbocycles. The van der Waals surface area contributed by atoms with Gasteiger partial charge in [0, 0.05) is 32.1 Å². The van der Waals surface area contributed by atoms with Crippen molar-refractivity contribution >= 4 is 10.2 Å². The first-order valence-corrected chi connectivity index (χ1v) is 7.11. The number of hydrogen-bond donors (Lipinski definition) is 0. The van der Waals surface area contributed by atoms with Crippen LogP contribution < -0.4 is 0 Å². The first-order chi connectivity index (χ1) is 7.57. The molecule has 0 amide bonds. The average Bonchev–Trinajstić information content (AvgIpc) is 3.03. The lowest BCUT2D eigenvalue weighted by Crippen LogP contribution is -2.45. The molecule has 0 aromatic rings. The molecule has 0 spiro atoms. The molecule has 5 nitrogen and oxygen atoms in total. The second kappa shape index (κ2) is 5.62. The van der Waals surface area contributed by atoms with Gasteiger partial charge in [0.2, 0.25) is 0 Å². The highest BCUT2D eigenvalue weighted by Crippen LogP contribution is 2.30. The lowest BCUT2D eigenvalue weighted by molar-refractivity contribution is 0.346. The molecule has 1 aliphatic carbocycles. The van der Waals surface area contributed by atoms with Crippen molar-refractivity contribution in [2.24, 2.45) is 0 Å². The molecule has 0 unspecified atom stereocenters. The zero-order chi connectivity index (χ0) is 12.2. The van der Waals surface area contributed by atoms with Crippen molar-refractivity contribution in [1.82, 2.24) is 8.61 Å². The van der Waals surface area contributed by atoms with Gasteiger partial charge in [-0.1, -0.05) is 13.8 Å². The Morgan fingerprint density at radius 1 is 1.31 bits per heavy atom. The van der Waals surface area contributed by atoms with Crippen molar-refractivity contribution in [2.45, 2.75) is 39.2 Å². The van der Waals surface area contributed by atoms with Crippen LogP contribution in [0.4, 0.5) is 0 Å². The molecule has 6 heteroatoms. The van der Waals surface area contributed by atoms with Gasteiger partial charge in [0.15, 0.2) is 0 Å². The van der Waals surface area contributed by atoms with Crippen LogP contribution in [0.2, 0.25) is 0 Å². The van der Waals surface area contributed by atoms with Gasteiger partial charge < -0.3 is 0 Å². The van der Waals surface area contributed by atoms with E-state index in [4.69, 9.17) is 5.26 Å².